The van der Waals surface area contributed by atoms with Gasteiger partial charge in [0.05, 0.1) is 11.9 Å². The number of nitrogens with zero attached hydrogens (tertiary/aromatic N) is 1. The Bertz CT molecular complexity index is 653. The van der Waals surface area contributed by atoms with E-state index in [4.69, 9.17) is 17.3 Å². The largest absolute Gasteiger partial charge is 0.369 e. The van der Waals surface area contributed by atoms with Crippen molar-refractivity contribution >= 4 is 28.5 Å². The normalized spacial score (nSPS) is 11.1. The third-order valence-corrected chi connectivity index (χ3v) is 2.76. The topological polar surface area (TPSA) is 70.5 Å². The number of nitrogen functional groups attached to an aromatic ring is 1. The summed E-state index contributed by atoms with van der Waals surface area (Å²) >= 11 is 5.92. The summed E-state index contributed by atoms with van der Waals surface area (Å²) in [6, 6.07) is 5.72. The van der Waals surface area contributed by atoms with E-state index < -0.39 is 0 Å². The highest BCUT2D eigenvalue weighted by Crippen LogP contribution is 2.29. The fourth-order valence-electron chi connectivity index (χ4n) is 1.79. The molecule has 0 atom stereocenters. The molecule has 0 aliphatic rings. The van der Waals surface area contributed by atoms with E-state index in [0.29, 0.717) is 11.0 Å². The van der Waals surface area contributed by atoms with Crippen LogP contribution in [0.5, 0.6) is 0 Å². The number of hydrogen-bond donors (Lipinski definition) is 3. The lowest BCUT2D eigenvalue weighted by Gasteiger charge is -1.95. The van der Waals surface area contributed by atoms with Crippen molar-refractivity contribution in [2.24, 2.45) is 0 Å². The summed E-state index contributed by atoms with van der Waals surface area (Å²) in [4.78, 5) is 10.1. The Morgan fingerprint density at radius 3 is 2.94 bits per heavy atom. The average molecular weight is 233 g/mol. The summed E-state index contributed by atoms with van der Waals surface area (Å²) < 4.78 is 0. The van der Waals surface area contributed by atoms with Crippen LogP contribution in [0.4, 0.5) is 5.95 Å². The number of benzene rings is 1. The molecule has 0 radical (unpaired) electrons. The Hall–Kier alpha value is -1.94. The van der Waals surface area contributed by atoms with Crippen molar-refractivity contribution in [2.45, 2.75) is 0 Å². The molecule has 0 fully saturated rings. The maximum atomic E-state index is 5.92. The molecular weight excluding hydrogens is 224 g/mol. The molecule has 3 aromatic rings. The molecule has 0 spiro atoms. The zero-order chi connectivity index (χ0) is 11.1. The van der Waals surface area contributed by atoms with Crippen molar-refractivity contribution in [2.75, 3.05) is 5.73 Å². The Morgan fingerprint density at radius 2 is 2.19 bits per heavy atom. The zero-order valence-electron chi connectivity index (χ0n) is 8.29. The lowest BCUT2D eigenvalue weighted by Crippen LogP contribution is -1.85. The SMILES string of the molecule is Nc1ncc(-c2c[nH]c3cc(Cl)ccc23)[nH]1. The molecule has 0 amide bonds. The number of nitrogens with one attached hydrogen (secondary N) is 2. The summed E-state index contributed by atoms with van der Waals surface area (Å²) in [6.45, 7) is 0. The number of aromatic nitrogens is 3. The van der Waals surface area contributed by atoms with Gasteiger partial charge in [0.1, 0.15) is 0 Å². The van der Waals surface area contributed by atoms with Crippen LogP contribution in [-0.4, -0.2) is 15.0 Å². The van der Waals surface area contributed by atoms with Crippen molar-refractivity contribution in [1.82, 2.24) is 15.0 Å². The number of fused-ring (bicyclic) bond motifs is 1. The van der Waals surface area contributed by atoms with E-state index in [1.165, 1.54) is 0 Å². The molecular formula is C11H9ClN4. The lowest BCUT2D eigenvalue weighted by atomic mass is 10.1. The van der Waals surface area contributed by atoms with E-state index in [9.17, 15) is 0 Å². The van der Waals surface area contributed by atoms with Gasteiger partial charge in [-0.15, -0.1) is 0 Å². The van der Waals surface area contributed by atoms with Gasteiger partial charge in [-0.1, -0.05) is 17.7 Å². The molecule has 4 nitrogen and oxygen atoms in total. The van der Waals surface area contributed by atoms with Gasteiger partial charge < -0.3 is 15.7 Å². The van der Waals surface area contributed by atoms with Gasteiger partial charge in [-0.05, 0) is 12.1 Å². The smallest absolute Gasteiger partial charge is 0.197 e. The third kappa shape index (κ3) is 1.35. The number of hydrogen-bond acceptors (Lipinski definition) is 2. The molecule has 5 heteroatoms. The summed E-state index contributed by atoms with van der Waals surface area (Å²) in [5.41, 5.74) is 8.48. The Balaban J connectivity index is 2.25. The monoisotopic (exact) mass is 232 g/mol. The summed E-state index contributed by atoms with van der Waals surface area (Å²) in [7, 11) is 0. The molecule has 3 rings (SSSR count). The molecule has 2 heterocycles. The number of nitrogens with two attached hydrogens (primary N) is 1. The Labute approximate surface area is 96.5 Å². The first kappa shape index (κ1) is 9.30. The maximum Gasteiger partial charge on any atom is 0.197 e. The second-order valence-corrected chi connectivity index (χ2v) is 4.01. The number of aromatic amines is 2. The van der Waals surface area contributed by atoms with E-state index in [0.717, 1.165) is 22.2 Å². The van der Waals surface area contributed by atoms with Crippen LogP contribution in [0.15, 0.2) is 30.6 Å². The molecule has 0 unspecified atom stereocenters. The van der Waals surface area contributed by atoms with E-state index in [2.05, 4.69) is 15.0 Å². The van der Waals surface area contributed by atoms with Crippen LogP contribution in [-0.2, 0) is 0 Å². The van der Waals surface area contributed by atoms with Crippen LogP contribution < -0.4 is 5.73 Å². The number of H-pyrrole nitrogens is 2. The van der Waals surface area contributed by atoms with Crippen LogP contribution in [0.1, 0.15) is 0 Å². The molecule has 2 aromatic heterocycles. The zero-order valence-corrected chi connectivity index (χ0v) is 9.05. The highest BCUT2D eigenvalue weighted by Gasteiger charge is 2.08. The van der Waals surface area contributed by atoms with Crippen molar-refractivity contribution < 1.29 is 0 Å². The molecule has 0 saturated carbocycles. The van der Waals surface area contributed by atoms with Crippen molar-refractivity contribution in [3.05, 3.63) is 35.6 Å². The van der Waals surface area contributed by atoms with Gasteiger partial charge in [0.15, 0.2) is 5.95 Å². The quantitative estimate of drug-likeness (QED) is 0.604. The van der Waals surface area contributed by atoms with Gasteiger partial charge in [0.25, 0.3) is 0 Å². The van der Waals surface area contributed by atoms with Gasteiger partial charge >= 0.3 is 0 Å². The van der Waals surface area contributed by atoms with E-state index in [1.54, 1.807) is 6.20 Å². The van der Waals surface area contributed by atoms with E-state index in [-0.39, 0.29) is 0 Å². The summed E-state index contributed by atoms with van der Waals surface area (Å²) in [5.74, 6) is 0.415. The molecule has 80 valence electrons. The van der Waals surface area contributed by atoms with Crippen LogP contribution in [0.3, 0.4) is 0 Å². The molecule has 0 saturated heterocycles. The highest BCUT2D eigenvalue weighted by molar-refractivity contribution is 6.31. The minimum atomic E-state index is 0.415. The second kappa shape index (κ2) is 3.28. The lowest BCUT2D eigenvalue weighted by molar-refractivity contribution is 1.33. The van der Waals surface area contributed by atoms with Gasteiger partial charge in [-0.25, -0.2) is 4.98 Å². The average Bonchev–Trinajstić information content (AvgIpc) is 2.83. The fourth-order valence-corrected chi connectivity index (χ4v) is 1.97. The summed E-state index contributed by atoms with van der Waals surface area (Å²) in [5, 5.41) is 1.80. The molecule has 0 aliphatic heterocycles. The minimum absolute atomic E-state index is 0.415. The van der Waals surface area contributed by atoms with Crippen LogP contribution in [0, 0.1) is 0 Å². The minimum Gasteiger partial charge on any atom is -0.369 e. The Kier molecular flexibility index (Phi) is 1.91. The van der Waals surface area contributed by atoms with Crippen molar-refractivity contribution in [3.63, 3.8) is 0 Å². The van der Waals surface area contributed by atoms with Gasteiger partial charge in [-0.2, -0.15) is 0 Å². The van der Waals surface area contributed by atoms with Crippen molar-refractivity contribution in [1.29, 1.82) is 0 Å². The third-order valence-electron chi connectivity index (χ3n) is 2.53. The first-order valence-electron chi connectivity index (χ1n) is 4.81. The van der Waals surface area contributed by atoms with Crippen LogP contribution >= 0.6 is 11.6 Å². The summed E-state index contributed by atoms with van der Waals surface area (Å²) in [6.07, 6.45) is 3.63. The van der Waals surface area contributed by atoms with Crippen molar-refractivity contribution in [3.8, 4) is 11.3 Å². The van der Waals surface area contributed by atoms with Crippen LogP contribution in [0.25, 0.3) is 22.2 Å². The van der Waals surface area contributed by atoms with E-state index in [1.807, 2.05) is 24.4 Å². The van der Waals surface area contributed by atoms with Gasteiger partial charge in [0, 0.05) is 27.7 Å². The predicted molar refractivity (Wildman–Crippen MR) is 65.3 cm³/mol. The van der Waals surface area contributed by atoms with Crippen LogP contribution in [0.2, 0.25) is 5.02 Å². The predicted octanol–water partition coefficient (Wildman–Crippen LogP) is 2.79. The molecule has 16 heavy (non-hydrogen) atoms. The molecule has 0 aliphatic carbocycles. The number of imidazole rings is 1. The number of anilines is 1. The number of rotatable bonds is 1. The van der Waals surface area contributed by atoms with Gasteiger partial charge in [0.2, 0.25) is 0 Å². The number of halogens is 1. The molecule has 0 bridgehead atoms. The van der Waals surface area contributed by atoms with Gasteiger partial charge in [-0.3, -0.25) is 0 Å². The maximum absolute atomic E-state index is 5.92. The van der Waals surface area contributed by atoms with E-state index >= 15 is 0 Å². The molecule has 1 aromatic carbocycles. The first-order valence-corrected chi connectivity index (χ1v) is 5.19. The molecule has 4 N–H and O–H groups in total. The fraction of sp³-hybridized carbons (Fsp3) is 0. The highest BCUT2D eigenvalue weighted by atomic mass is 35.5. The second-order valence-electron chi connectivity index (χ2n) is 3.57. The first-order chi connectivity index (χ1) is 7.74. The Morgan fingerprint density at radius 1 is 1.31 bits per heavy atom. The standard InChI is InChI=1S/C11H9ClN4/c12-6-1-2-7-8(4-14-9(7)3-6)10-5-15-11(13)16-10/h1-5,14H,(H3,13,15,16).